The second kappa shape index (κ2) is 5.94. The molecule has 0 radical (unpaired) electrons. The highest BCUT2D eigenvalue weighted by Crippen LogP contribution is 2.28. The van der Waals surface area contributed by atoms with E-state index in [1.807, 2.05) is 0 Å². The van der Waals surface area contributed by atoms with Gasteiger partial charge < -0.3 is 0 Å². The van der Waals surface area contributed by atoms with E-state index >= 15 is 0 Å². The molecule has 106 valence electrons. The molecule has 1 aromatic rings. The van der Waals surface area contributed by atoms with Crippen LogP contribution in [0.25, 0.3) is 0 Å². The standard InChI is InChI=1S/C12H18N2O3S2/c1-12(2,11(15)14-13)8-18-9-4-6-10(7-5-9)19(3,16)17/h4-7H,8,13H2,1-3H3,(H,14,15). The molecule has 0 unspecified atom stereocenters. The molecule has 0 saturated carbocycles. The Hall–Kier alpha value is -1.05. The van der Waals surface area contributed by atoms with Crippen LogP contribution < -0.4 is 11.3 Å². The Morgan fingerprint density at radius 3 is 2.26 bits per heavy atom. The number of nitrogens with one attached hydrogen (secondary N) is 1. The van der Waals surface area contributed by atoms with E-state index < -0.39 is 15.3 Å². The fourth-order valence-electron chi connectivity index (χ4n) is 1.31. The molecular formula is C12H18N2O3S2. The number of hydrogen-bond donors (Lipinski definition) is 2. The van der Waals surface area contributed by atoms with Crippen LogP contribution >= 0.6 is 11.8 Å². The lowest BCUT2D eigenvalue weighted by molar-refractivity contribution is -0.128. The van der Waals surface area contributed by atoms with E-state index in [-0.39, 0.29) is 10.8 Å². The monoisotopic (exact) mass is 302 g/mol. The number of nitrogens with two attached hydrogens (primary N) is 1. The molecule has 0 heterocycles. The summed E-state index contributed by atoms with van der Waals surface area (Å²) >= 11 is 1.48. The molecule has 5 nitrogen and oxygen atoms in total. The van der Waals surface area contributed by atoms with Crippen LogP contribution in [0.4, 0.5) is 0 Å². The van der Waals surface area contributed by atoms with Crippen LogP contribution in [0.5, 0.6) is 0 Å². The van der Waals surface area contributed by atoms with Crippen LogP contribution in [0.15, 0.2) is 34.1 Å². The van der Waals surface area contributed by atoms with Crippen molar-refractivity contribution < 1.29 is 13.2 Å². The van der Waals surface area contributed by atoms with Gasteiger partial charge in [0.25, 0.3) is 0 Å². The summed E-state index contributed by atoms with van der Waals surface area (Å²) in [5, 5.41) is 0. The Labute approximate surface area is 117 Å². The minimum atomic E-state index is -3.17. The Morgan fingerprint density at radius 1 is 1.32 bits per heavy atom. The SMILES string of the molecule is CC(C)(CSc1ccc(S(C)(=O)=O)cc1)C(=O)NN. The van der Waals surface area contributed by atoms with Gasteiger partial charge in [-0.25, -0.2) is 14.3 Å². The minimum Gasteiger partial charge on any atom is -0.294 e. The highest BCUT2D eigenvalue weighted by Gasteiger charge is 2.26. The lowest BCUT2D eigenvalue weighted by Gasteiger charge is -2.21. The van der Waals surface area contributed by atoms with Crippen LogP contribution in [0.3, 0.4) is 0 Å². The molecule has 0 aliphatic heterocycles. The highest BCUT2D eigenvalue weighted by molar-refractivity contribution is 7.99. The fraction of sp³-hybridized carbons (Fsp3) is 0.417. The van der Waals surface area contributed by atoms with Gasteiger partial charge in [0, 0.05) is 16.9 Å². The first-order valence-corrected chi connectivity index (χ1v) is 8.48. The average Bonchev–Trinajstić information content (AvgIpc) is 2.35. The number of carbonyl (C=O) groups excluding carboxylic acids is 1. The van der Waals surface area contributed by atoms with Crippen molar-refractivity contribution in [1.29, 1.82) is 0 Å². The van der Waals surface area contributed by atoms with Crippen LogP contribution in [0, 0.1) is 5.41 Å². The maximum absolute atomic E-state index is 11.5. The molecule has 0 aliphatic carbocycles. The predicted molar refractivity (Wildman–Crippen MR) is 76.4 cm³/mol. The fourth-order valence-corrected chi connectivity index (χ4v) is 2.93. The number of amides is 1. The molecule has 1 amide bonds. The summed E-state index contributed by atoms with van der Waals surface area (Å²) in [4.78, 5) is 12.7. The normalized spacial score (nSPS) is 12.2. The van der Waals surface area contributed by atoms with E-state index in [1.54, 1.807) is 38.1 Å². The van der Waals surface area contributed by atoms with Crippen molar-refractivity contribution >= 4 is 27.5 Å². The van der Waals surface area contributed by atoms with Gasteiger partial charge in [-0.2, -0.15) is 0 Å². The zero-order valence-electron chi connectivity index (χ0n) is 11.1. The van der Waals surface area contributed by atoms with Gasteiger partial charge in [0.15, 0.2) is 9.84 Å². The molecule has 19 heavy (non-hydrogen) atoms. The van der Waals surface area contributed by atoms with E-state index in [2.05, 4.69) is 5.43 Å². The Bertz CT molecular complexity index is 551. The average molecular weight is 302 g/mol. The summed E-state index contributed by atoms with van der Waals surface area (Å²) < 4.78 is 22.6. The first kappa shape index (κ1) is 16.0. The van der Waals surface area contributed by atoms with Crippen LogP contribution in [-0.2, 0) is 14.6 Å². The Morgan fingerprint density at radius 2 is 1.84 bits per heavy atom. The number of benzene rings is 1. The summed E-state index contributed by atoms with van der Waals surface area (Å²) in [6.07, 6.45) is 1.17. The number of carbonyl (C=O) groups is 1. The molecule has 0 aromatic heterocycles. The van der Waals surface area contributed by atoms with E-state index in [0.717, 1.165) is 4.90 Å². The third-order valence-electron chi connectivity index (χ3n) is 2.60. The maximum Gasteiger partial charge on any atom is 0.240 e. The van der Waals surface area contributed by atoms with Gasteiger partial charge in [0.2, 0.25) is 5.91 Å². The van der Waals surface area contributed by atoms with E-state index in [4.69, 9.17) is 5.84 Å². The Balaban J connectivity index is 2.72. The lowest BCUT2D eigenvalue weighted by atomic mass is 9.96. The van der Waals surface area contributed by atoms with Gasteiger partial charge in [-0.3, -0.25) is 10.2 Å². The maximum atomic E-state index is 11.5. The molecule has 0 bridgehead atoms. The molecule has 1 aromatic carbocycles. The largest absolute Gasteiger partial charge is 0.294 e. The molecule has 3 N–H and O–H groups in total. The Kier molecular flexibility index (Phi) is 5.00. The predicted octanol–water partition coefficient (Wildman–Crippen LogP) is 1.20. The zero-order valence-corrected chi connectivity index (χ0v) is 12.8. The first-order chi connectivity index (χ1) is 8.66. The molecule has 0 spiro atoms. The van der Waals surface area contributed by atoms with E-state index in [9.17, 15) is 13.2 Å². The zero-order chi connectivity index (χ0) is 14.7. The number of hydrogen-bond acceptors (Lipinski definition) is 5. The van der Waals surface area contributed by atoms with Gasteiger partial charge in [-0.1, -0.05) is 13.8 Å². The van der Waals surface area contributed by atoms with Gasteiger partial charge in [0.1, 0.15) is 0 Å². The van der Waals surface area contributed by atoms with Crippen molar-refractivity contribution in [1.82, 2.24) is 5.43 Å². The third kappa shape index (κ3) is 4.52. The van der Waals surface area contributed by atoms with Crippen molar-refractivity contribution in [3.05, 3.63) is 24.3 Å². The van der Waals surface area contributed by atoms with Gasteiger partial charge >= 0.3 is 0 Å². The molecular weight excluding hydrogens is 284 g/mol. The smallest absolute Gasteiger partial charge is 0.240 e. The molecule has 0 atom stereocenters. The second-order valence-corrected chi connectivity index (χ2v) is 7.95. The van der Waals surface area contributed by atoms with Crippen molar-refractivity contribution in [2.75, 3.05) is 12.0 Å². The lowest BCUT2D eigenvalue weighted by Crippen LogP contribution is -2.42. The third-order valence-corrected chi connectivity index (χ3v) is 5.20. The van der Waals surface area contributed by atoms with Gasteiger partial charge in [0.05, 0.1) is 10.3 Å². The molecule has 0 fully saturated rings. The van der Waals surface area contributed by atoms with Crippen molar-refractivity contribution in [3.63, 3.8) is 0 Å². The number of hydrazine groups is 1. The van der Waals surface area contributed by atoms with Gasteiger partial charge in [-0.15, -0.1) is 11.8 Å². The van der Waals surface area contributed by atoms with Crippen LogP contribution in [0.1, 0.15) is 13.8 Å². The molecule has 1 rings (SSSR count). The summed E-state index contributed by atoms with van der Waals surface area (Å²) in [6.45, 7) is 3.60. The second-order valence-electron chi connectivity index (χ2n) is 4.89. The van der Waals surface area contributed by atoms with Crippen LogP contribution in [-0.4, -0.2) is 26.3 Å². The number of rotatable bonds is 5. The summed E-state index contributed by atoms with van der Waals surface area (Å²) in [5.74, 6) is 5.44. The van der Waals surface area contributed by atoms with E-state index in [0.29, 0.717) is 5.75 Å². The van der Waals surface area contributed by atoms with Crippen molar-refractivity contribution in [3.8, 4) is 0 Å². The molecule has 0 saturated heterocycles. The first-order valence-electron chi connectivity index (χ1n) is 5.61. The minimum absolute atomic E-state index is 0.229. The van der Waals surface area contributed by atoms with E-state index in [1.165, 1.54) is 18.0 Å². The summed E-state index contributed by atoms with van der Waals surface area (Å²) in [7, 11) is -3.17. The highest BCUT2D eigenvalue weighted by atomic mass is 32.2. The van der Waals surface area contributed by atoms with Crippen molar-refractivity contribution in [2.24, 2.45) is 11.3 Å². The molecule has 7 heteroatoms. The topological polar surface area (TPSA) is 89.3 Å². The van der Waals surface area contributed by atoms with Crippen molar-refractivity contribution in [2.45, 2.75) is 23.6 Å². The number of sulfone groups is 1. The quantitative estimate of drug-likeness (QED) is 0.369. The van der Waals surface area contributed by atoms with Crippen LogP contribution in [0.2, 0.25) is 0 Å². The number of thioether (sulfide) groups is 1. The summed E-state index contributed by atoms with van der Waals surface area (Å²) in [6, 6.07) is 6.59. The summed E-state index contributed by atoms with van der Waals surface area (Å²) in [5.41, 5.74) is 1.55. The molecule has 0 aliphatic rings. The van der Waals surface area contributed by atoms with Gasteiger partial charge in [-0.05, 0) is 24.3 Å².